The summed E-state index contributed by atoms with van der Waals surface area (Å²) in [5.41, 5.74) is 4.38. The third-order valence-electron chi connectivity index (χ3n) is 2.35. The summed E-state index contributed by atoms with van der Waals surface area (Å²) >= 11 is 0. The molecule has 1 heterocycles. The van der Waals surface area contributed by atoms with Gasteiger partial charge in [-0.3, -0.25) is 5.43 Å². The van der Waals surface area contributed by atoms with E-state index in [1.54, 1.807) is 6.20 Å². The van der Waals surface area contributed by atoms with Gasteiger partial charge in [-0.25, -0.2) is 9.78 Å². The molecule has 0 saturated heterocycles. The Kier molecular flexibility index (Phi) is 4.62. The number of benzene rings is 1. The molecule has 0 fully saturated rings. The molecule has 0 unspecified atom stereocenters. The molecule has 0 aliphatic heterocycles. The number of hydrogen-bond donors (Lipinski definition) is 2. The van der Waals surface area contributed by atoms with Gasteiger partial charge >= 0.3 is 5.97 Å². The van der Waals surface area contributed by atoms with Gasteiger partial charge in [-0.05, 0) is 25.1 Å². The van der Waals surface area contributed by atoms with E-state index in [1.807, 2.05) is 30.3 Å². The van der Waals surface area contributed by atoms with Crippen molar-refractivity contribution in [3.63, 3.8) is 0 Å². The van der Waals surface area contributed by atoms with Crippen molar-refractivity contribution >= 4 is 28.3 Å². The second-order valence-corrected chi connectivity index (χ2v) is 3.55. The van der Waals surface area contributed by atoms with Gasteiger partial charge in [0.2, 0.25) is 5.52 Å². The SMILES string of the molecule is CC(=NNc1cccc2ccc[nH+]c12)C(=O)O.[Cl-]. The molecule has 2 rings (SSSR count). The van der Waals surface area contributed by atoms with Crippen molar-refractivity contribution in [2.45, 2.75) is 6.92 Å². The van der Waals surface area contributed by atoms with Gasteiger partial charge in [-0.1, -0.05) is 6.07 Å². The molecule has 0 amide bonds. The summed E-state index contributed by atoms with van der Waals surface area (Å²) in [5, 5.41) is 13.5. The maximum Gasteiger partial charge on any atom is 0.351 e. The van der Waals surface area contributed by atoms with Crippen LogP contribution in [0.4, 0.5) is 5.69 Å². The molecule has 3 N–H and O–H groups in total. The number of aromatic nitrogens is 1. The number of anilines is 1. The molecule has 2 aromatic rings. The highest BCUT2D eigenvalue weighted by Crippen LogP contribution is 2.18. The van der Waals surface area contributed by atoms with Crippen LogP contribution in [0, 0.1) is 0 Å². The van der Waals surface area contributed by atoms with E-state index in [0.29, 0.717) is 0 Å². The molecule has 0 atom stereocenters. The van der Waals surface area contributed by atoms with E-state index in [2.05, 4.69) is 15.5 Å². The second kappa shape index (κ2) is 5.97. The van der Waals surface area contributed by atoms with Crippen molar-refractivity contribution in [2.24, 2.45) is 5.10 Å². The van der Waals surface area contributed by atoms with E-state index in [0.717, 1.165) is 16.6 Å². The average Bonchev–Trinajstić information content (AvgIpc) is 2.35. The van der Waals surface area contributed by atoms with Crippen molar-refractivity contribution in [1.82, 2.24) is 0 Å². The summed E-state index contributed by atoms with van der Waals surface area (Å²) in [7, 11) is 0. The predicted octanol–water partition coefficient (Wildman–Crippen LogP) is -1.47. The molecule has 1 aromatic heterocycles. The number of carbonyl (C=O) groups is 1. The van der Waals surface area contributed by atoms with Gasteiger partial charge in [0, 0.05) is 11.5 Å². The number of hydrazone groups is 1. The van der Waals surface area contributed by atoms with Crippen molar-refractivity contribution in [3.05, 3.63) is 36.5 Å². The Morgan fingerprint density at radius 2 is 2.06 bits per heavy atom. The van der Waals surface area contributed by atoms with Crippen molar-refractivity contribution in [1.29, 1.82) is 0 Å². The van der Waals surface area contributed by atoms with Crippen molar-refractivity contribution in [3.8, 4) is 0 Å². The van der Waals surface area contributed by atoms with Crippen LogP contribution in [0.15, 0.2) is 41.6 Å². The molecule has 0 saturated carbocycles. The number of aliphatic carboxylic acids is 1. The minimum Gasteiger partial charge on any atom is -1.00 e. The Bertz CT molecular complexity index is 593. The first-order valence-electron chi connectivity index (χ1n) is 5.11. The summed E-state index contributed by atoms with van der Waals surface area (Å²) in [5.74, 6) is -1.04. The fraction of sp³-hybridized carbons (Fsp3) is 0.0833. The van der Waals surface area contributed by atoms with Gasteiger partial charge in [0.15, 0.2) is 6.20 Å². The molecule has 0 radical (unpaired) electrons. The van der Waals surface area contributed by atoms with E-state index >= 15 is 0 Å². The first kappa shape index (κ1) is 13.9. The number of hydrogen-bond acceptors (Lipinski definition) is 3. The van der Waals surface area contributed by atoms with Crippen LogP contribution in [0.5, 0.6) is 0 Å². The number of pyridine rings is 1. The summed E-state index contributed by atoms with van der Waals surface area (Å²) < 4.78 is 0. The topological polar surface area (TPSA) is 75.8 Å². The standard InChI is InChI=1S/C12H11N3O2.ClH/c1-8(12(16)17)14-15-10-6-2-4-9-5-3-7-13-11(9)10;/h2-7,15H,1H3,(H,16,17);1H. The lowest BCUT2D eigenvalue weighted by molar-refractivity contribution is -0.344. The normalized spacial score (nSPS) is 10.8. The fourth-order valence-electron chi connectivity index (χ4n) is 1.44. The minimum absolute atomic E-state index is 0. The number of fused-ring (bicyclic) bond motifs is 1. The first-order valence-corrected chi connectivity index (χ1v) is 5.11. The number of carboxylic acids is 1. The van der Waals surface area contributed by atoms with Crippen LogP contribution in [0.1, 0.15) is 6.92 Å². The van der Waals surface area contributed by atoms with Crippen LogP contribution in [0.3, 0.4) is 0 Å². The lowest BCUT2D eigenvalue weighted by Crippen LogP contribution is -3.00. The average molecular weight is 266 g/mol. The van der Waals surface area contributed by atoms with Crippen LogP contribution in [0.2, 0.25) is 0 Å². The van der Waals surface area contributed by atoms with E-state index in [9.17, 15) is 4.79 Å². The number of nitrogens with zero attached hydrogens (tertiary/aromatic N) is 1. The maximum absolute atomic E-state index is 10.6. The highest BCUT2D eigenvalue weighted by molar-refractivity contribution is 6.34. The van der Waals surface area contributed by atoms with Crippen LogP contribution < -0.4 is 22.8 Å². The summed E-state index contributed by atoms with van der Waals surface area (Å²) in [6.07, 6.45) is 1.81. The molecule has 0 aliphatic carbocycles. The summed E-state index contributed by atoms with van der Waals surface area (Å²) in [4.78, 5) is 13.7. The molecule has 0 bridgehead atoms. The van der Waals surface area contributed by atoms with E-state index < -0.39 is 5.97 Å². The van der Waals surface area contributed by atoms with Crippen LogP contribution >= 0.6 is 0 Å². The largest absolute Gasteiger partial charge is 1.00 e. The third-order valence-corrected chi connectivity index (χ3v) is 2.35. The van der Waals surface area contributed by atoms with Gasteiger partial charge in [-0.15, -0.1) is 0 Å². The molecular weight excluding hydrogens is 254 g/mol. The molecule has 94 valence electrons. The zero-order valence-corrected chi connectivity index (χ0v) is 10.4. The monoisotopic (exact) mass is 265 g/mol. The van der Waals surface area contributed by atoms with E-state index in [4.69, 9.17) is 5.11 Å². The molecular formula is C12H12ClN3O2. The minimum atomic E-state index is -1.04. The fourth-order valence-corrected chi connectivity index (χ4v) is 1.44. The Labute approximate surface area is 110 Å². The number of halogens is 1. The molecule has 1 aromatic carbocycles. The third kappa shape index (κ3) is 2.95. The molecule has 0 aliphatic rings. The number of rotatable bonds is 3. The van der Waals surface area contributed by atoms with Crippen molar-refractivity contribution < 1.29 is 27.3 Å². The lowest BCUT2D eigenvalue weighted by Gasteiger charge is -2.01. The Morgan fingerprint density at radius 1 is 1.33 bits per heavy atom. The summed E-state index contributed by atoms with van der Waals surface area (Å²) in [6, 6.07) is 9.54. The number of H-pyrrole nitrogens is 1. The Hall–Kier alpha value is -2.14. The zero-order chi connectivity index (χ0) is 12.3. The molecule has 5 nitrogen and oxygen atoms in total. The van der Waals surface area contributed by atoms with E-state index in [-0.39, 0.29) is 18.1 Å². The smallest absolute Gasteiger partial charge is 0.351 e. The van der Waals surface area contributed by atoms with Gasteiger partial charge in [0.25, 0.3) is 0 Å². The van der Waals surface area contributed by atoms with Crippen LogP contribution in [-0.4, -0.2) is 16.8 Å². The maximum atomic E-state index is 10.6. The molecule has 0 spiro atoms. The molecule has 18 heavy (non-hydrogen) atoms. The van der Waals surface area contributed by atoms with Gasteiger partial charge in [0.05, 0.1) is 0 Å². The Morgan fingerprint density at radius 3 is 2.78 bits per heavy atom. The first-order chi connectivity index (χ1) is 8.18. The van der Waals surface area contributed by atoms with Gasteiger partial charge < -0.3 is 17.5 Å². The van der Waals surface area contributed by atoms with E-state index in [1.165, 1.54) is 6.92 Å². The molecule has 6 heteroatoms. The van der Waals surface area contributed by atoms with Crippen molar-refractivity contribution in [2.75, 3.05) is 5.43 Å². The quantitative estimate of drug-likeness (QED) is 0.526. The number of aromatic amines is 1. The number of para-hydroxylation sites is 1. The lowest BCUT2D eigenvalue weighted by atomic mass is 10.2. The predicted molar refractivity (Wildman–Crippen MR) is 64.9 cm³/mol. The Balaban J connectivity index is 0.00000162. The van der Waals surface area contributed by atoms with Crippen LogP contribution in [-0.2, 0) is 4.79 Å². The summed E-state index contributed by atoms with van der Waals surface area (Å²) in [6.45, 7) is 1.43. The van der Waals surface area contributed by atoms with Gasteiger partial charge in [-0.2, -0.15) is 5.10 Å². The highest BCUT2D eigenvalue weighted by Gasteiger charge is 2.06. The van der Waals surface area contributed by atoms with Crippen LogP contribution in [0.25, 0.3) is 10.9 Å². The van der Waals surface area contributed by atoms with Gasteiger partial charge in [0.1, 0.15) is 11.4 Å². The second-order valence-electron chi connectivity index (χ2n) is 3.55. The number of nitrogens with one attached hydrogen (secondary N) is 2. The zero-order valence-electron chi connectivity index (χ0n) is 9.64. The number of carboxylic acid groups (broad SMARTS) is 1. The highest BCUT2D eigenvalue weighted by atomic mass is 35.5.